The van der Waals surface area contributed by atoms with E-state index in [2.05, 4.69) is 4.74 Å². The van der Waals surface area contributed by atoms with Crippen LogP contribution < -0.4 is 0 Å². The van der Waals surface area contributed by atoms with Gasteiger partial charge in [0, 0.05) is 19.1 Å². The summed E-state index contributed by atoms with van der Waals surface area (Å²) >= 11 is 0. The van der Waals surface area contributed by atoms with Crippen LogP contribution in [-0.2, 0) is 23.7 Å². The van der Waals surface area contributed by atoms with E-state index in [-0.39, 0.29) is 31.1 Å². The highest BCUT2D eigenvalue weighted by molar-refractivity contribution is 5.89. The first-order chi connectivity index (χ1) is 7.26. The van der Waals surface area contributed by atoms with Gasteiger partial charge in [-0.1, -0.05) is 0 Å². The van der Waals surface area contributed by atoms with Gasteiger partial charge in [0.05, 0.1) is 13.2 Å². The molecule has 84 valence electrons. The van der Waals surface area contributed by atoms with Gasteiger partial charge in [0.1, 0.15) is 19.0 Å². The largest absolute Gasteiger partial charge is 0.466 e. The third-order valence-electron chi connectivity index (χ3n) is 2.56. The Bertz CT molecular complexity index is 286. The fraction of sp³-hybridized carbons (Fsp3) is 0.700. The molecule has 0 unspecified atom stereocenters. The standard InChI is InChI=1S/C10H14O5/c1-12-5-14-7-3-6(10(11)13-2)4-8-9(7)15-8/h4,7-9H,3,5H2,1-2H3/t7-,8-,9+/m1/s1. The average Bonchev–Trinajstić information content (AvgIpc) is 3.03. The molecule has 1 saturated heterocycles. The van der Waals surface area contributed by atoms with E-state index in [9.17, 15) is 4.79 Å². The normalized spacial score (nSPS) is 32.9. The minimum absolute atomic E-state index is 0.00899. The zero-order chi connectivity index (χ0) is 10.8. The first-order valence-electron chi connectivity index (χ1n) is 4.81. The Labute approximate surface area is 87.9 Å². The van der Waals surface area contributed by atoms with E-state index in [0.29, 0.717) is 12.0 Å². The van der Waals surface area contributed by atoms with E-state index in [4.69, 9.17) is 14.2 Å². The Morgan fingerprint density at radius 1 is 1.60 bits per heavy atom. The van der Waals surface area contributed by atoms with Gasteiger partial charge < -0.3 is 18.9 Å². The van der Waals surface area contributed by atoms with Gasteiger partial charge in [-0.2, -0.15) is 0 Å². The van der Waals surface area contributed by atoms with Gasteiger partial charge in [0.2, 0.25) is 0 Å². The lowest BCUT2D eigenvalue weighted by Crippen LogP contribution is -2.28. The van der Waals surface area contributed by atoms with Crippen LogP contribution in [0.2, 0.25) is 0 Å². The molecular formula is C10H14O5. The maximum atomic E-state index is 11.3. The van der Waals surface area contributed by atoms with Crippen LogP contribution in [0.5, 0.6) is 0 Å². The van der Waals surface area contributed by atoms with Crippen molar-refractivity contribution in [2.45, 2.75) is 24.7 Å². The molecule has 1 fully saturated rings. The highest BCUT2D eigenvalue weighted by Gasteiger charge is 2.48. The maximum absolute atomic E-state index is 11.3. The molecule has 2 rings (SSSR count). The number of rotatable bonds is 4. The predicted octanol–water partition coefficient (Wildman–Crippen LogP) is 0.246. The minimum atomic E-state index is -0.310. The second kappa shape index (κ2) is 4.30. The summed E-state index contributed by atoms with van der Waals surface area (Å²) in [6, 6.07) is 0. The third kappa shape index (κ3) is 2.19. The summed E-state index contributed by atoms with van der Waals surface area (Å²) in [7, 11) is 2.93. The molecule has 1 aliphatic heterocycles. The van der Waals surface area contributed by atoms with Crippen molar-refractivity contribution in [3.63, 3.8) is 0 Å². The summed E-state index contributed by atoms with van der Waals surface area (Å²) in [6.45, 7) is 0.214. The summed E-state index contributed by atoms with van der Waals surface area (Å²) in [5, 5.41) is 0. The third-order valence-corrected chi connectivity index (χ3v) is 2.56. The molecule has 0 amide bonds. The van der Waals surface area contributed by atoms with Crippen molar-refractivity contribution in [3.05, 3.63) is 11.6 Å². The van der Waals surface area contributed by atoms with Gasteiger partial charge in [-0.25, -0.2) is 4.79 Å². The van der Waals surface area contributed by atoms with Crippen LogP contribution in [0.15, 0.2) is 11.6 Å². The Morgan fingerprint density at radius 2 is 2.40 bits per heavy atom. The van der Waals surface area contributed by atoms with Crippen molar-refractivity contribution in [2.75, 3.05) is 21.0 Å². The first kappa shape index (κ1) is 10.6. The van der Waals surface area contributed by atoms with Crippen molar-refractivity contribution < 1.29 is 23.7 Å². The van der Waals surface area contributed by atoms with Crippen molar-refractivity contribution in [1.82, 2.24) is 0 Å². The van der Waals surface area contributed by atoms with Crippen LogP contribution >= 0.6 is 0 Å². The minimum Gasteiger partial charge on any atom is -0.466 e. The van der Waals surface area contributed by atoms with Gasteiger partial charge in [-0.3, -0.25) is 0 Å². The summed E-state index contributed by atoms with van der Waals surface area (Å²) in [5.74, 6) is -0.310. The molecule has 0 spiro atoms. The molecule has 0 aromatic carbocycles. The number of esters is 1. The van der Waals surface area contributed by atoms with E-state index in [1.807, 2.05) is 6.08 Å². The second-order valence-corrected chi connectivity index (χ2v) is 3.56. The number of fused-ring (bicyclic) bond motifs is 1. The van der Waals surface area contributed by atoms with E-state index >= 15 is 0 Å². The van der Waals surface area contributed by atoms with E-state index in [0.717, 1.165) is 0 Å². The van der Waals surface area contributed by atoms with Crippen molar-refractivity contribution >= 4 is 5.97 Å². The molecule has 0 bridgehead atoms. The topological polar surface area (TPSA) is 57.3 Å². The highest BCUT2D eigenvalue weighted by atomic mass is 16.7. The molecule has 0 saturated carbocycles. The number of carbonyl (C=O) groups excluding carboxylic acids is 1. The monoisotopic (exact) mass is 214 g/mol. The molecule has 5 nitrogen and oxygen atoms in total. The molecule has 3 atom stereocenters. The lowest BCUT2D eigenvalue weighted by molar-refractivity contribution is -0.137. The van der Waals surface area contributed by atoms with Crippen LogP contribution in [0.1, 0.15) is 6.42 Å². The average molecular weight is 214 g/mol. The summed E-state index contributed by atoms with van der Waals surface area (Å²) < 4.78 is 20.2. The van der Waals surface area contributed by atoms with Crippen LogP contribution in [-0.4, -0.2) is 45.3 Å². The fourth-order valence-electron chi connectivity index (χ4n) is 1.76. The molecule has 1 aliphatic carbocycles. The Kier molecular flexibility index (Phi) is 3.04. The Morgan fingerprint density at radius 3 is 3.07 bits per heavy atom. The number of methoxy groups -OCH3 is 2. The van der Waals surface area contributed by atoms with Gasteiger partial charge in [-0.15, -0.1) is 0 Å². The number of ether oxygens (including phenoxy) is 4. The van der Waals surface area contributed by atoms with Crippen molar-refractivity contribution in [1.29, 1.82) is 0 Å². The van der Waals surface area contributed by atoms with E-state index < -0.39 is 0 Å². The number of epoxide rings is 1. The van der Waals surface area contributed by atoms with E-state index in [1.54, 1.807) is 7.11 Å². The molecule has 0 radical (unpaired) electrons. The Balaban J connectivity index is 1.96. The second-order valence-electron chi connectivity index (χ2n) is 3.56. The quantitative estimate of drug-likeness (QED) is 0.381. The van der Waals surface area contributed by atoms with Crippen molar-refractivity contribution in [3.8, 4) is 0 Å². The molecular weight excluding hydrogens is 200 g/mol. The van der Waals surface area contributed by atoms with Crippen molar-refractivity contribution in [2.24, 2.45) is 0 Å². The van der Waals surface area contributed by atoms with Crippen LogP contribution in [0, 0.1) is 0 Å². The molecule has 0 aromatic rings. The molecule has 0 N–H and O–H groups in total. The molecule has 1 heterocycles. The molecule has 0 aromatic heterocycles. The smallest absolute Gasteiger partial charge is 0.333 e. The molecule has 15 heavy (non-hydrogen) atoms. The van der Waals surface area contributed by atoms with Crippen LogP contribution in [0.3, 0.4) is 0 Å². The fourth-order valence-corrected chi connectivity index (χ4v) is 1.76. The number of carbonyl (C=O) groups is 1. The maximum Gasteiger partial charge on any atom is 0.333 e. The Hall–Kier alpha value is -0.910. The van der Waals surface area contributed by atoms with Gasteiger partial charge >= 0.3 is 5.97 Å². The summed E-state index contributed by atoms with van der Waals surface area (Å²) in [6.07, 6.45) is 2.32. The van der Waals surface area contributed by atoms with Crippen LogP contribution in [0.4, 0.5) is 0 Å². The summed E-state index contributed by atoms with van der Waals surface area (Å²) in [5.41, 5.74) is 0.623. The lowest BCUT2D eigenvalue weighted by atomic mass is 9.97. The van der Waals surface area contributed by atoms with Gasteiger partial charge in [0.15, 0.2) is 0 Å². The van der Waals surface area contributed by atoms with Gasteiger partial charge in [0.25, 0.3) is 0 Å². The summed E-state index contributed by atoms with van der Waals surface area (Å²) in [4.78, 5) is 11.3. The zero-order valence-electron chi connectivity index (χ0n) is 8.76. The predicted molar refractivity (Wildman–Crippen MR) is 50.1 cm³/mol. The molecule has 5 heteroatoms. The van der Waals surface area contributed by atoms with E-state index in [1.165, 1.54) is 7.11 Å². The highest BCUT2D eigenvalue weighted by Crippen LogP contribution is 2.37. The number of hydrogen-bond acceptors (Lipinski definition) is 5. The van der Waals surface area contributed by atoms with Gasteiger partial charge in [-0.05, 0) is 6.08 Å². The first-order valence-corrected chi connectivity index (χ1v) is 4.81. The SMILES string of the molecule is COCO[C@@H]1CC(C(=O)OC)=C[C@H]2O[C@H]21. The number of hydrogen-bond donors (Lipinski definition) is 0. The zero-order valence-corrected chi connectivity index (χ0v) is 8.76. The van der Waals surface area contributed by atoms with Crippen LogP contribution in [0.25, 0.3) is 0 Å². The lowest BCUT2D eigenvalue weighted by Gasteiger charge is -2.18. The molecule has 2 aliphatic rings.